The van der Waals surface area contributed by atoms with Gasteiger partial charge in [0, 0.05) is 29.4 Å². The Balaban J connectivity index is 1.20. The highest BCUT2D eigenvalue weighted by Crippen LogP contribution is 2.56. The molecule has 2 heterocycles. The van der Waals surface area contributed by atoms with Crippen molar-refractivity contribution in [3.05, 3.63) is 42.1 Å². The average molecular weight is 424 g/mol. The fourth-order valence-corrected chi connectivity index (χ4v) is 6.57. The predicted octanol–water partition coefficient (Wildman–Crippen LogP) is 3.60. The van der Waals surface area contributed by atoms with Crippen molar-refractivity contribution in [1.82, 2.24) is 4.98 Å². The van der Waals surface area contributed by atoms with Crippen molar-refractivity contribution in [3.63, 3.8) is 0 Å². The monoisotopic (exact) mass is 423 g/mol. The molecule has 3 aliphatic rings. The zero-order valence-corrected chi connectivity index (χ0v) is 18.8. The molecule has 3 fully saturated rings. The Morgan fingerprint density at radius 2 is 2.26 bits per heavy atom. The highest BCUT2D eigenvalue weighted by molar-refractivity contribution is 5.84. The van der Waals surface area contributed by atoms with Crippen molar-refractivity contribution in [3.8, 4) is 5.75 Å². The largest absolute Gasteiger partial charge is 0.497 e. The normalized spacial score (nSPS) is 32.6. The molecule has 5 unspecified atom stereocenters. The molecule has 5 rings (SSSR count). The third-order valence-corrected chi connectivity index (χ3v) is 8.33. The van der Waals surface area contributed by atoms with E-state index in [4.69, 9.17) is 9.47 Å². The molecule has 5 nitrogen and oxygen atoms in total. The summed E-state index contributed by atoms with van der Waals surface area (Å²) in [5.41, 5.74) is 4.11. The van der Waals surface area contributed by atoms with Crippen LogP contribution in [0.25, 0.3) is 10.9 Å². The molecule has 0 radical (unpaired) electrons. The molecule has 1 aromatic carbocycles. The Hall–Kier alpha value is -2.27. The van der Waals surface area contributed by atoms with E-state index in [0.717, 1.165) is 50.0 Å². The molecule has 2 aromatic rings. The molecule has 31 heavy (non-hydrogen) atoms. The van der Waals surface area contributed by atoms with Crippen molar-refractivity contribution in [2.45, 2.75) is 51.6 Å². The Bertz CT molecular complexity index is 996. The zero-order chi connectivity index (χ0) is 21.6. The number of nitrogens with two attached hydrogens (primary N) is 1. The van der Waals surface area contributed by atoms with Crippen LogP contribution >= 0.6 is 0 Å². The Morgan fingerprint density at radius 3 is 3.10 bits per heavy atom. The van der Waals surface area contributed by atoms with Crippen molar-refractivity contribution in [1.29, 1.82) is 0 Å². The number of benzene rings is 1. The summed E-state index contributed by atoms with van der Waals surface area (Å²) in [4.78, 5) is 16.1. The van der Waals surface area contributed by atoms with E-state index in [0.29, 0.717) is 11.8 Å². The molecule has 5 heteroatoms. The predicted molar refractivity (Wildman–Crippen MR) is 121 cm³/mol. The number of methoxy groups -OCH3 is 1. The van der Waals surface area contributed by atoms with Crippen molar-refractivity contribution >= 4 is 16.9 Å². The van der Waals surface area contributed by atoms with E-state index >= 15 is 0 Å². The Labute approximate surface area is 184 Å². The molecule has 1 aromatic heterocycles. The highest BCUT2D eigenvalue weighted by Gasteiger charge is 2.55. The van der Waals surface area contributed by atoms with Crippen molar-refractivity contribution in [2.24, 2.45) is 23.2 Å². The summed E-state index contributed by atoms with van der Waals surface area (Å²) in [5, 5.41) is 3.52. The highest BCUT2D eigenvalue weighted by atomic mass is 16.6. The van der Waals surface area contributed by atoms with Crippen LogP contribution in [0, 0.1) is 23.2 Å². The molecule has 3 N–H and O–H groups in total. The Kier molecular flexibility index (Phi) is 5.33. The van der Waals surface area contributed by atoms with Gasteiger partial charge in [-0.3, -0.25) is 4.79 Å². The lowest BCUT2D eigenvalue weighted by molar-refractivity contribution is -0.658. The van der Waals surface area contributed by atoms with Crippen LogP contribution in [0.4, 0.5) is 0 Å². The minimum atomic E-state index is 0.0207. The molecule has 0 bridgehead atoms. The first-order chi connectivity index (χ1) is 15.0. The van der Waals surface area contributed by atoms with Gasteiger partial charge in [-0.15, -0.1) is 0 Å². The maximum Gasteiger partial charge on any atom is 0.315 e. The standard InChI is InChI=1S/C26H34N2O3/c1-16-5-4-9-26(2)13-24-20(12-22(16)26)21(25(29)31-24)15-27-10-8-17-14-28-23-7-6-18(30-3)11-19(17)23/h6-7,11,14,20-22,24,27-28H,1,4-5,8-10,12-13,15H2,2-3H3/p+1. The van der Waals surface area contributed by atoms with Crippen LogP contribution in [0.3, 0.4) is 0 Å². The summed E-state index contributed by atoms with van der Waals surface area (Å²) in [7, 11) is 1.70. The first kappa shape index (κ1) is 20.6. The molecule has 1 aliphatic heterocycles. The zero-order valence-electron chi connectivity index (χ0n) is 18.8. The SMILES string of the molecule is C=C1CCCC2(C)CC3OC(=O)C(C[NH2+]CCc4c[nH]c5ccc(OC)cc45)C3CC12. The number of rotatable bonds is 6. The number of carbonyl (C=O) groups is 1. The van der Waals surface area contributed by atoms with E-state index in [9.17, 15) is 4.79 Å². The van der Waals surface area contributed by atoms with Gasteiger partial charge in [0.1, 0.15) is 17.8 Å². The minimum absolute atomic E-state index is 0.0207. The molecule has 0 spiro atoms. The third kappa shape index (κ3) is 3.67. The number of esters is 1. The second-order valence-corrected chi connectivity index (χ2v) is 10.2. The smallest absolute Gasteiger partial charge is 0.315 e. The second-order valence-electron chi connectivity index (χ2n) is 10.2. The molecule has 2 saturated carbocycles. The van der Waals surface area contributed by atoms with E-state index < -0.39 is 0 Å². The van der Waals surface area contributed by atoms with Gasteiger partial charge in [0.05, 0.1) is 20.2 Å². The van der Waals surface area contributed by atoms with E-state index in [1.807, 2.05) is 6.07 Å². The summed E-state index contributed by atoms with van der Waals surface area (Å²) in [6, 6.07) is 6.13. The fraction of sp³-hybridized carbons (Fsp3) is 0.577. The summed E-state index contributed by atoms with van der Waals surface area (Å²) < 4.78 is 11.3. The lowest BCUT2D eigenvalue weighted by Crippen LogP contribution is -2.86. The number of quaternary nitrogens is 1. The number of fused-ring (bicyclic) bond motifs is 3. The van der Waals surface area contributed by atoms with Gasteiger partial charge < -0.3 is 19.8 Å². The fourth-order valence-electron chi connectivity index (χ4n) is 6.57. The molecular formula is C26H35N2O3+. The number of aromatic nitrogens is 1. The number of carbonyl (C=O) groups excluding carboxylic acids is 1. The third-order valence-electron chi connectivity index (χ3n) is 8.33. The maximum atomic E-state index is 12.7. The maximum absolute atomic E-state index is 12.7. The van der Waals surface area contributed by atoms with Gasteiger partial charge in [-0.25, -0.2) is 0 Å². The molecule has 0 amide bonds. The van der Waals surface area contributed by atoms with Gasteiger partial charge in [0.2, 0.25) is 0 Å². The van der Waals surface area contributed by atoms with Crippen molar-refractivity contribution < 1.29 is 19.6 Å². The van der Waals surface area contributed by atoms with Crippen molar-refractivity contribution in [2.75, 3.05) is 20.2 Å². The van der Waals surface area contributed by atoms with E-state index in [1.165, 1.54) is 29.4 Å². The molecular weight excluding hydrogens is 388 g/mol. The molecule has 2 aliphatic carbocycles. The van der Waals surface area contributed by atoms with Crippen LogP contribution in [0.15, 0.2) is 36.5 Å². The van der Waals surface area contributed by atoms with Gasteiger partial charge in [0.15, 0.2) is 0 Å². The van der Waals surface area contributed by atoms with Crippen LogP contribution in [0.1, 0.15) is 44.6 Å². The van der Waals surface area contributed by atoms with Gasteiger partial charge in [-0.05, 0) is 67.2 Å². The van der Waals surface area contributed by atoms with E-state index in [1.54, 1.807) is 7.11 Å². The van der Waals surface area contributed by atoms with E-state index in [-0.39, 0.29) is 23.4 Å². The summed E-state index contributed by atoms with van der Waals surface area (Å²) in [5.74, 6) is 1.84. The molecule has 1 saturated heterocycles. The van der Waals surface area contributed by atoms with Gasteiger partial charge in [0.25, 0.3) is 0 Å². The first-order valence-corrected chi connectivity index (χ1v) is 11.8. The number of allylic oxidation sites excluding steroid dienone is 1. The number of hydrogen-bond acceptors (Lipinski definition) is 3. The second kappa shape index (κ2) is 8.01. The van der Waals surface area contributed by atoms with Gasteiger partial charge in [-0.1, -0.05) is 19.1 Å². The number of aromatic amines is 1. The number of ether oxygens (including phenoxy) is 2. The number of H-pyrrole nitrogens is 1. The average Bonchev–Trinajstić information content (AvgIpc) is 3.29. The quantitative estimate of drug-likeness (QED) is 0.424. The molecule has 5 atom stereocenters. The summed E-state index contributed by atoms with van der Waals surface area (Å²) in [6.45, 7) is 8.57. The van der Waals surface area contributed by atoms with E-state index in [2.05, 4.69) is 42.1 Å². The Morgan fingerprint density at radius 1 is 1.39 bits per heavy atom. The van der Waals surface area contributed by atoms with Crippen LogP contribution in [0.2, 0.25) is 0 Å². The number of hydrogen-bond donors (Lipinski definition) is 2. The topological polar surface area (TPSA) is 67.9 Å². The number of nitrogens with one attached hydrogen (secondary N) is 1. The van der Waals surface area contributed by atoms with Gasteiger partial charge in [-0.2, -0.15) is 0 Å². The first-order valence-electron chi connectivity index (χ1n) is 11.8. The molecule has 166 valence electrons. The lowest BCUT2D eigenvalue weighted by atomic mass is 9.55. The van der Waals surface area contributed by atoms with Crippen LogP contribution < -0.4 is 10.1 Å². The van der Waals surface area contributed by atoms with Crippen LogP contribution in [0.5, 0.6) is 5.75 Å². The summed E-state index contributed by atoms with van der Waals surface area (Å²) >= 11 is 0. The minimum Gasteiger partial charge on any atom is -0.497 e. The van der Waals surface area contributed by atoms with Crippen LogP contribution in [-0.4, -0.2) is 37.3 Å². The lowest BCUT2D eigenvalue weighted by Gasteiger charge is -2.49. The summed E-state index contributed by atoms with van der Waals surface area (Å²) in [6.07, 6.45) is 8.87. The van der Waals surface area contributed by atoms with Crippen LogP contribution in [-0.2, 0) is 16.0 Å². The van der Waals surface area contributed by atoms with Gasteiger partial charge >= 0.3 is 5.97 Å².